The van der Waals surface area contributed by atoms with Crippen LogP contribution in [0.3, 0.4) is 0 Å². The number of fused-ring (bicyclic) bond motifs is 6. The minimum absolute atomic E-state index is 0.725. The first kappa shape index (κ1) is 11.0. The third kappa shape index (κ3) is 1.28. The summed E-state index contributed by atoms with van der Waals surface area (Å²) in [5, 5.41) is 0. The van der Waals surface area contributed by atoms with Gasteiger partial charge < -0.3 is 0 Å². The van der Waals surface area contributed by atoms with Crippen molar-refractivity contribution in [1.29, 1.82) is 0 Å². The topological polar surface area (TPSA) is 0 Å². The van der Waals surface area contributed by atoms with Crippen molar-refractivity contribution in [2.45, 2.75) is 12.0 Å². The predicted molar refractivity (Wildman–Crippen MR) is 84.9 cm³/mol. The zero-order valence-electron chi connectivity index (χ0n) is 10.9. The lowest BCUT2D eigenvalue weighted by Crippen LogP contribution is -2.31. The second-order valence-corrected chi connectivity index (χ2v) is 8.36. The summed E-state index contributed by atoms with van der Waals surface area (Å²) < 4.78 is 0. The highest BCUT2D eigenvalue weighted by atomic mass is 28.3. The molecule has 0 radical (unpaired) electrons. The van der Waals surface area contributed by atoms with Gasteiger partial charge in [0.1, 0.15) is 0 Å². The largest absolute Gasteiger partial charge is 0.107 e. The molecule has 0 amide bonds. The lowest BCUT2D eigenvalue weighted by atomic mass is 9.71. The molecule has 0 nitrogen and oxygen atoms in total. The summed E-state index contributed by atoms with van der Waals surface area (Å²) in [5.74, 6) is 0. The normalized spacial score (nSPS) is 17.6. The Kier molecular flexibility index (Phi) is 2.21. The van der Waals surface area contributed by atoms with Crippen LogP contribution in [-0.4, -0.2) is 8.80 Å². The van der Waals surface area contributed by atoms with E-state index in [2.05, 4.69) is 61.0 Å². The van der Waals surface area contributed by atoms with Gasteiger partial charge in [-0.05, 0) is 45.3 Å². The molecule has 4 rings (SSSR count). The fraction of sp³-hybridized carbons (Fsp3) is 0.111. The molecule has 0 N–H and O–H groups in total. The van der Waals surface area contributed by atoms with Gasteiger partial charge >= 0.3 is 0 Å². The summed E-state index contributed by atoms with van der Waals surface area (Å²) in [4.78, 5) is 0. The molecule has 0 saturated heterocycles. The molecule has 0 bridgehead atoms. The van der Waals surface area contributed by atoms with E-state index in [0.29, 0.717) is 0 Å². The van der Waals surface area contributed by atoms with Crippen molar-refractivity contribution in [1.82, 2.24) is 0 Å². The lowest BCUT2D eigenvalue weighted by Gasteiger charge is -2.39. The van der Waals surface area contributed by atoms with E-state index in [9.17, 15) is 0 Å². The highest BCUT2D eigenvalue weighted by Gasteiger charge is 2.37. The zero-order chi connectivity index (χ0) is 13.0. The molecule has 0 saturated carbocycles. The van der Waals surface area contributed by atoms with Crippen molar-refractivity contribution in [3.8, 4) is 22.3 Å². The first-order valence-corrected chi connectivity index (χ1v) is 8.86. The van der Waals surface area contributed by atoms with Gasteiger partial charge in [0.15, 0.2) is 0 Å². The van der Waals surface area contributed by atoms with E-state index in [1.807, 2.05) is 0 Å². The summed E-state index contributed by atoms with van der Waals surface area (Å²) in [6, 6.07) is 13.4. The molecular weight excluding hydrogens is 244 g/mol. The standard InChI is InChI=1S/C18H16Si/c1-3-19(4-2)17-11-16-13(17)9-10-15-12-7-5-6-8-14(12)18(15)16/h3-10,17,19H,1-2,11H2. The molecule has 1 heteroatoms. The molecule has 2 aliphatic carbocycles. The van der Waals surface area contributed by atoms with Crippen LogP contribution in [0.1, 0.15) is 16.7 Å². The lowest BCUT2D eigenvalue weighted by molar-refractivity contribution is 0.791. The maximum Gasteiger partial charge on any atom is 0.0916 e. The second-order valence-electron chi connectivity index (χ2n) is 5.46. The quantitative estimate of drug-likeness (QED) is 0.619. The van der Waals surface area contributed by atoms with Crippen molar-refractivity contribution in [3.05, 3.63) is 72.1 Å². The first-order valence-electron chi connectivity index (χ1n) is 6.86. The van der Waals surface area contributed by atoms with E-state index in [1.165, 1.54) is 28.7 Å². The van der Waals surface area contributed by atoms with Crippen molar-refractivity contribution in [2.75, 3.05) is 0 Å². The van der Waals surface area contributed by atoms with Crippen LogP contribution in [0.25, 0.3) is 22.3 Å². The molecule has 0 spiro atoms. The zero-order valence-corrected chi connectivity index (χ0v) is 12.0. The van der Waals surface area contributed by atoms with Crippen molar-refractivity contribution >= 4 is 8.80 Å². The Bertz CT molecular complexity index is 704. The monoisotopic (exact) mass is 260 g/mol. The fourth-order valence-corrected chi connectivity index (χ4v) is 5.69. The number of hydrogen-bond donors (Lipinski definition) is 0. The van der Waals surface area contributed by atoms with E-state index in [1.54, 1.807) is 11.1 Å². The number of hydrogen-bond acceptors (Lipinski definition) is 0. The van der Waals surface area contributed by atoms with E-state index >= 15 is 0 Å². The maximum atomic E-state index is 3.99. The van der Waals surface area contributed by atoms with Gasteiger partial charge in [0.25, 0.3) is 0 Å². The van der Waals surface area contributed by atoms with Crippen LogP contribution < -0.4 is 0 Å². The SMILES string of the molecule is C=C[SiH](C=C)C1Cc2c1ccc1c2-c2ccccc2-1. The second kappa shape index (κ2) is 3.81. The molecule has 2 aliphatic rings. The van der Waals surface area contributed by atoms with Gasteiger partial charge in [-0.2, -0.15) is 0 Å². The molecule has 2 aromatic carbocycles. The van der Waals surface area contributed by atoms with E-state index in [-0.39, 0.29) is 0 Å². The van der Waals surface area contributed by atoms with E-state index < -0.39 is 8.80 Å². The summed E-state index contributed by atoms with van der Waals surface area (Å²) >= 11 is 0. The van der Waals surface area contributed by atoms with Gasteiger partial charge in [-0.15, -0.1) is 24.6 Å². The van der Waals surface area contributed by atoms with E-state index in [0.717, 1.165) is 5.54 Å². The van der Waals surface area contributed by atoms with Crippen molar-refractivity contribution < 1.29 is 0 Å². The Morgan fingerprint density at radius 1 is 0.947 bits per heavy atom. The summed E-state index contributed by atoms with van der Waals surface area (Å²) in [6.45, 7) is 7.98. The fourth-order valence-electron chi connectivity index (χ4n) is 3.60. The van der Waals surface area contributed by atoms with Crippen molar-refractivity contribution in [2.24, 2.45) is 0 Å². The molecule has 92 valence electrons. The van der Waals surface area contributed by atoms with Crippen LogP contribution in [0.2, 0.25) is 0 Å². The molecule has 1 unspecified atom stereocenters. The first-order chi connectivity index (χ1) is 9.35. The minimum Gasteiger partial charge on any atom is -0.107 e. The van der Waals surface area contributed by atoms with Crippen LogP contribution in [0, 0.1) is 0 Å². The van der Waals surface area contributed by atoms with Gasteiger partial charge in [-0.25, -0.2) is 0 Å². The smallest absolute Gasteiger partial charge is 0.0916 e. The average Bonchev–Trinajstić information content (AvgIpc) is 2.42. The Morgan fingerprint density at radius 2 is 1.68 bits per heavy atom. The predicted octanol–water partition coefficient (Wildman–Crippen LogP) is 4.19. The highest BCUT2D eigenvalue weighted by molar-refractivity contribution is 6.71. The summed E-state index contributed by atoms with van der Waals surface area (Å²) in [7, 11) is -1.01. The van der Waals surface area contributed by atoms with Gasteiger partial charge in [0.2, 0.25) is 0 Å². The van der Waals surface area contributed by atoms with Crippen LogP contribution in [-0.2, 0) is 6.42 Å². The Morgan fingerprint density at radius 3 is 2.42 bits per heavy atom. The summed E-state index contributed by atoms with van der Waals surface area (Å²) in [6.07, 6.45) is 1.22. The van der Waals surface area contributed by atoms with Gasteiger partial charge in [-0.3, -0.25) is 0 Å². The van der Waals surface area contributed by atoms with Crippen LogP contribution >= 0.6 is 0 Å². The molecule has 1 atom stereocenters. The average molecular weight is 260 g/mol. The molecular formula is C18H16Si. The third-order valence-electron chi connectivity index (χ3n) is 4.67. The summed E-state index contributed by atoms with van der Waals surface area (Å²) in [5.41, 5.74) is 14.0. The van der Waals surface area contributed by atoms with Gasteiger partial charge in [0.05, 0.1) is 8.80 Å². The van der Waals surface area contributed by atoms with Gasteiger partial charge in [0, 0.05) is 0 Å². The highest BCUT2D eigenvalue weighted by Crippen LogP contribution is 2.54. The van der Waals surface area contributed by atoms with Crippen LogP contribution in [0.15, 0.2) is 61.0 Å². The van der Waals surface area contributed by atoms with Crippen molar-refractivity contribution in [3.63, 3.8) is 0 Å². The third-order valence-corrected chi connectivity index (χ3v) is 7.28. The minimum atomic E-state index is -1.01. The molecule has 0 fully saturated rings. The van der Waals surface area contributed by atoms with Crippen LogP contribution in [0.4, 0.5) is 0 Å². The molecule has 0 aromatic heterocycles. The maximum absolute atomic E-state index is 3.99. The Hall–Kier alpha value is -1.86. The Labute approximate surface area is 115 Å². The molecule has 0 aliphatic heterocycles. The number of rotatable bonds is 3. The number of benzene rings is 2. The molecule has 19 heavy (non-hydrogen) atoms. The Balaban J connectivity index is 1.80. The molecule has 0 heterocycles. The van der Waals surface area contributed by atoms with E-state index in [4.69, 9.17) is 0 Å². The van der Waals surface area contributed by atoms with Gasteiger partial charge in [-0.1, -0.05) is 36.4 Å². The van der Waals surface area contributed by atoms with Crippen LogP contribution in [0.5, 0.6) is 0 Å². The molecule has 2 aromatic rings.